The molecule has 1 unspecified atom stereocenters. The van der Waals surface area contributed by atoms with Crippen molar-refractivity contribution < 1.29 is 23.9 Å². The van der Waals surface area contributed by atoms with Crippen molar-refractivity contribution in [2.24, 2.45) is 0 Å². The smallest absolute Gasteiger partial charge is 0.341 e. The number of thiophene rings is 1. The SMILES string of the molecule is COC(=O)c1c(NC(=O)C(Sc2cccc(NC(=O)/C(=C\c3cccc(C)c3)NC(=O)c3ccccc3)c2)c2ccccc2)sc2c1CCCCC2. The molecule has 264 valence electrons. The zero-order valence-electron chi connectivity index (χ0n) is 28.9. The van der Waals surface area contributed by atoms with Crippen molar-refractivity contribution in [3.63, 3.8) is 0 Å². The number of rotatable bonds is 11. The van der Waals surface area contributed by atoms with Crippen LogP contribution in [-0.2, 0) is 27.2 Å². The number of anilines is 2. The van der Waals surface area contributed by atoms with Gasteiger partial charge >= 0.3 is 5.97 Å². The van der Waals surface area contributed by atoms with Crippen LogP contribution < -0.4 is 16.0 Å². The van der Waals surface area contributed by atoms with Gasteiger partial charge in [-0.05, 0) is 85.7 Å². The molecule has 0 bridgehead atoms. The first-order valence-corrected chi connectivity index (χ1v) is 18.8. The normalized spacial score (nSPS) is 13.2. The highest BCUT2D eigenvalue weighted by molar-refractivity contribution is 8.00. The van der Waals surface area contributed by atoms with E-state index in [0.717, 1.165) is 64.1 Å². The van der Waals surface area contributed by atoms with E-state index in [0.29, 0.717) is 21.8 Å². The molecule has 1 heterocycles. The summed E-state index contributed by atoms with van der Waals surface area (Å²) in [7, 11) is 1.36. The summed E-state index contributed by atoms with van der Waals surface area (Å²) < 4.78 is 5.16. The van der Waals surface area contributed by atoms with E-state index in [1.165, 1.54) is 30.2 Å². The average Bonchev–Trinajstić information content (AvgIpc) is 3.33. The van der Waals surface area contributed by atoms with Gasteiger partial charge in [-0.25, -0.2) is 4.79 Å². The van der Waals surface area contributed by atoms with Crippen LogP contribution in [0.25, 0.3) is 6.08 Å². The van der Waals surface area contributed by atoms with Gasteiger partial charge in [-0.3, -0.25) is 14.4 Å². The lowest BCUT2D eigenvalue weighted by molar-refractivity contribution is -0.116. The number of hydrogen-bond donors (Lipinski definition) is 3. The minimum absolute atomic E-state index is 0.0785. The molecule has 0 radical (unpaired) electrons. The van der Waals surface area contributed by atoms with E-state index in [1.807, 2.05) is 73.7 Å². The molecule has 1 aromatic heterocycles. The summed E-state index contributed by atoms with van der Waals surface area (Å²) in [6, 6.07) is 33.0. The van der Waals surface area contributed by atoms with Crippen LogP contribution in [0.3, 0.4) is 0 Å². The molecule has 0 aliphatic heterocycles. The lowest BCUT2D eigenvalue weighted by atomic mass is 10.1. The molecule has 0 spiro atoms. The average molecular weight is 730 g/mol. The number of ether oxygens (including phenoxy) is 1. The Morgan fingerprint density at radius 3 is 2.29 bits per heavy atom. The second-order valence-electron chi connectivity index (χ2n) is 12.4. The number of amides is 3. The molecule has 10 heteroatoms. The van der Waals surface area contributed by atoms with Gasteiger partial charge in [0, 0.05) is 21.0 Å². The van der Waals surface area contributed by atoms with Crippen molar-refractivity contribution in [3.8, 4) is 0 Å². The molecule has 3 N–H and O–H groups in total. The molecule has 1 aliphatic carbocycles. The van der Waals surface area contributed by atoms with Crippen molar-refractivity contribution >= 4 is 63.6 Å². The van der Waals surface area contributed by atoms with Gasteiger partial charge in [-0.1, -0.05) is 90.8 Å². The van der Waals surface area contributed by atoms with Crippen LogP contribution in [0.4, 0.5) is 10.7 Å². The molecule has 8 nitrogen and oxygen atoms in total. The van der Waals surface area contributed by atoms with E-state index in [1.54, 1.807) is 48.5 Å². The fourth-order valence-electron chi connectivity index (χ4n) is 6.08. The third-order valence-electron chi connectivity index (χ3n) is 8.62. The molecule has 1 atom stereocenters. The topological polar surface area (TPSA) is 114 Å². The van der Waals surface area contributed by atoms with E-state index in [2.05, 4.69) is 16.0 Å². The molecule has 0 saturated carbocycles. The maximum Gasteiger partial charge on any atom is 0.341 e. The monoisotopic (exact) mass is 729 g/mol. The number of esters is 1. The summed E-state index contributed by atoms with van der Waals surface area (Å²) in [6.45, 7) is 1.96. The second kappa shape index (κ2) is 17.2. The first-order valence-electron chi connectivity index (χ1n) is 17.1. The Morgan fingerprint density at radius 1 is 0.808 bits per heavy atom. The molecule has 0 fully saturated rings. The van der Waals surface area contributed by atoms with Gasteiger partial charge in [0.05, 0.1) is 12.7 Å². The fourth-order valence-corrected chi connectivity index (χ4v) is 8.44. The Bertz CT molecular complexity index is 2110. The Kier molecular flexibility index (Phi) is 12.0. The number of carbonyl (C=O) groups excluding carboxylic acids is 4. The standard InChI is InChI=1S/C42H39N3O5S2/c1-27-14-12-15-28(24-27)25-34(44-38(46)30-18-8-4-9-19-30)39(47)43-31-20-13-21-32(26-31)51-37(29-16-6-3-7-17-29)40(48)45-41-36(42(49)50-2)33-22-10-5-11-23-35(33)52-41/h3-4,6-9,12-21,24-26,37H,5,10-11,22-23H2,1-2H3,(H,43,47)(H,44,46)(H,45,48)/b34-25+. The van der Waals surface area contributed by atoms with E-state index >= 15 is 0 Å². The number of carbonyl (C=O) groups is 4. The highest BCUT2D eigenvalue weighted by atomic mass is 32.2. The summed E-state index contributed by atoms with van der Waals surface area (Å²) in [5, 5.41) is 8.63. The first-order chi connectivity index (χ1) is 25.3. The molecule has 4 aromatic carbocycles. The summed E-state index contributed by atoms with van der Waals surface area (Å²) in [5.74, 6) is -1.64. The number of benzene rings is 4. The van der Waals surface area contributed by atoms with Crippen molar-refractivity contribution in [1.82, 2.24) is 5.32 Å². The first kappa shape index (κ1) is 36.3. The summed E-state index contributed by atoms with van der Waals surface area (Å²) in [6.07, 6.45) is 6.41. The van der Waals surface area contributed by atoms with Crippen molar-refractivity contribution in [1.29, 1.82) is 0 Å². The van der Waals surface area contributed by atoms with Crippen LogP contribution in [0.5, 0.6) is 0 Å². The van der Waals surface area contributed by atoms with Gasteiger partial charge in [-0.15, -0.1) is 23.1 Å². The number of thioether (sulfide) groups is 1. The van der Waals surface area contributed by atoms with E-state index in [9.17, 15) is 19.2 Å². The van der Waals surface area contributed by atoms with Crippen LogP contribution in [-0.4, -0.2) is 30.8 Å². The van der Waals surface area contributed by atoms with Crippen LogP contribution >= 0.6 is 23.1 Å². The highest BCUT2D eigenvalue weighted by Gasteiger charge is 2.29. The van der Waals surface area contributed by atoms with Crippen LogP contribution in [0.1, 0.15) is 72.4 Å². The third-order valence-corrected chi connectivity index (χ3v) is 11.1. The van der Waals surface area contributed by atoms with Gasteiger partial charge in [0.2, 0.25) is 5.91 Å². The van der Waals surface area contributed by atoms with E-state index < -0.39 is 23.0 Å². The van der Waals surface area contributed by atoms with Gasteiger partial charge < -0.3 is 20.7 Å². The lowest BCUT2D eigenvalue weighted by Gasteiger charge is -2.18. The van der Waals surface area contributed by atoms with Crippen molar-refractivity contribution in [2.75, 3.05) is 17.7 Å². The Morgan fingerprint density at radius 2 is 1.54 bits per heavy atom. The molecular formula is C42H39N3O5S2. The van der Waals surface area contributed by atoms with Gasteiger partial charge in [0.1, 0.15) is 15.9 Å². The summed E-state index contributed by atoms with van der Waals surface area (Å²) in [5.41, 5.74) is 4.98. The number of nitrogens with one attached hydrogen (secondary N) is 3. The van der Waals surface area contributed by atoms with Crippen LogP contribution in [0.2, 0.25) is 0 Å². The second-order valence-corrected chi connectivity index (χ2v) is 14.7. The maximum atomic E-state index is 14.1. The molecule has 5 aromatic rings. The minimum Gasteiger partial charge on any atom is -0.465 e. The lowest BCUT2D eigenvalue weighted by Crippen LogP contribution is -2.30. The zero-order valence-corrected chi connectivity index (χ0v) is 30.6. The molecular weight excluding hydrogens is 691 g/mol. The zero-order chi connectivity index (χ0) is 36.5. The Hall–Kier alpha value is -5.45. The van der Waals surface area contributed by atoms with Crippen molar-refractivity contribution in [2.45, 2.75) is 49.2 Å². The highest BCUT2D eigenvalue weighted by Crippen LogP contribution is 2.41. The molecule has 0 saturated heterocycles. The minimum atomic E-state index is -0.679. The van der Waals surface area contributed by atoms with Gasteiger partial charge in [0.25, 0.3) is 11.8 Å². The number of aryl methyl sites for hydroxylation is 2. The quantitative estimate of drug-likeness (QED) is 0.0542. The maximum absolute atomic E-state index is 14.1. The molecule has 52 heavy (non-hydrogen) atoms. The molecule has 1 aliphatic rings. The predicted octanol–water partition coefficient (Wildman–Crippen LogP) is 8.99. The predicted molar refractivity (Wildman–Crippen MR) is 209 cm³/mol. The van der Waals surface area contributed by atoms with Gasteiger partial charge in [-0.2, -0.15) is 0 Å². The van der Waals surface area contributed by atoms with Crippen molar-refractivity contribution in [3.05, 3.63) is 153 Å². The molecule has 3 amide bonds. The summed E-state index contributed by atoms with van der Waals surface area (Å²) in [4.78, 5) is 55.8. The van der Waals surface area contributed by atoms with E-state index in [-0.39, 0.29) is 11.6 Å². The fraction of sp³-hybridized carbons (Fsp3) is 0.190. The van der Waals surface area contributed by atoms with E-state index in [4.69, 9.17) is 4.74 Å². The van der Waals surface area contributed by atoms with Crippen LogP contribution in [0, 0.1) is 6.92 Å². The van der Waals surface area contributed by atoms with Crippen LogP contribution in [0.15, 0.2) is 120 Å². The Labute approximate surface area is 311 Å². The number of fused-ring (bicyclic) bond motifs is 1. The Balaban J connectivity index is 1.25. The largest absolute Gasteiger partial charge is 0.465 e. The number of methoxy groups -OCH3 is 1. The number of hydrogen-bond acceptors (Lipinski definition) is 7. The summed E-state index contributed by atoms with van der Waals surface area (Å²) >= 11 is 2.79. The van der Waals surface area contributed by atoms with Gasteiger partial charge in [0.15, 0.2) is 0 Å². The third kappa shape index (κ3) is 9.06. The molecule has 6 rings (SSSR count).